The summed E-state index contributed by atoms with van der Waals surface area (Å²) < 4.78 is 8.84. The number of rotatable bonds is 4. The minimum absolute atomic E-state index is 0.0918. The van der Waals surface area contributed by atoms with E-state index in [2.05, 4.69) is 30.4 Å². The Balaban J connectivity index is 1.14. The van der Waals surface area contributed by atoms with Gasteiger partial charge in [0, 0.05) is 30.4 Å². The largest absolute Gasteiger partial charge is 0.380 e. The molecule has 11 nitrogen and oxygen atoms in total. The van der Waals surface area contributed by atoms with E-state index < -0.39 is 0 Å². The van der Waals surface area contributed by atoms with Gasteiger partial charge in [-0.25, -0.2) is 4.52 Å². The number of thiazole rings is 1. The molecule has 0 radical (unpaired) electrons. The van der Waals surface area contributed by atoms with E-state index in [-0.39, 0.29) is 11.5 Å². The van der Waals surface area contributed by atoms with Crippen LogP contribution in [0.1, 0.15) is 12.8 Å². The fourth-order valence-electron chi connectivity index (χ4n) is 5.17. The van der Waals surface area contributed by atoms with Gasteiger partial charge in [0.1, 0.15) is 21.3 Å². The van der Waals surface area contributed by atoms with E-state index in [9.17, 15) is 9.59 Å². The van der Waals surface area contributed by atoms with E-state index in [0.717, 1.165) is 54.4 Å². The summed E-state index contributed by atoms with van der Waals surface area (Å²) in [5.41, 5.74) is 3.28. The van der Waals surface area contributed by atoms with Crippen molar-refractivity contribution in [1.82, 2.24) is 34.3 Å². The zero-order valence-electron chi connectivity index (χ0n) is 19.7. The standard InChI is InChI=1S/C24H24N8O3S/c1-30-9-14(7-26-30)17-10-32-23(36-17)19-21(29-32)20-16(28-22(19)34)6-15(8-25-20)27-18(33)11-31-4-2-24(3-5-31)12-35-13-24/h6-10H,2-5,11-13H2,1H3,(H,27,33)(H,28,34). The van der Waals surface area contributed by atoms with Crippen molar-refractivity contribution in [2.24, 2.45) is 12.5 Å². The Morgan fingerprint density at radius 3 is 2.78 bits per heavy atom. The summed E-state index contributed by atoms with van der Waals surface area (Å²) in [4.78, 5) is 37.1. The smallest absolute Gasteiger partial charge is 0.261 e. The molecule has 7 rings (SSSR count). The van der Waals surface area contributed by atoms with Crippen LogP contribution in [0.4, 0.5) is 5.69 Å². The molecule has 0 unspecified atom stereocenters. The van der Waals surface area contributed by atoms with Crippen LogP contribution in [0.5, 0.6) is 0 Å². The molecule has 7 heterocycles. The van der Waals surface area contributed by atoms with Gasteiger partial charge in [-0.2, -0.15) is 10.2 Å². The van der Waals surface area contributed by atoms with Crippen molar-refractivity contribution in [3.05, 3.63) is 41.2 Å². The predicted molar refractivity (Wildman–Crippen MR) is 136 cm³/mol. The van der Waals surface area contributed by atoms with E-state index in [1.165, 1.54) is 11.3 Å². The van der Waals surface area contributed by atoms with E-state index >= 15 is 0 Å². The normalized spacial score (nSPS) is 17.8. The number of nitrogens with zero attached hydrogens (tertiary/aromatic N) is 6. The van der Waals surface area contributed by atoms with Gasteiger partial charge in [-0.3, -0.25) is 24.2 Å². The number of fused-ring (bicyclic) bond motifs is 5. The third-order valence-electron chi connectivity index (χ3n) is 7.27. The molecule has 36 heavy (non-hydrogen) atoms. The fourth-order valence-corrected chi connectivity index (χ4v) is 6.23. The Bertz CT molecular complexity index is 1700. The van der Waals surface area contributed by atoms with Crippen LogP contribution in [0, 0.1) is 5.41 Å². The minimum atomic E-state index is -0.236. The molecule has 2 saturated heterocycles. The number of aryl methyl sites for hydroxylation is 1. The lowest BCUT2D eigenvalue weighted by molar-refractivity contribution is -0.141. The number of H-pyrrole nitrogens is 1. The average Bonchev–Trinajstić information content (AvgIpc) is 3.52. The maximum Gasteiger partial charge on any atom is 0.261 e. The van der Waals surface area contributed by atoms with Crippen LogP contribution in [-0.4, -0.2) is 73.0 Å². The number of amides is 1. The lowest BCUT2D eigenvalue weighted by Gasteiger charge is -2.47. The number of ether oxygens (including phenoxy) is 1. The van der Waals surface area contributed by atoms with Crippen molar-refractivity contribution < 1.29 is 9.53 Å². The van der Waals surface area contributed by atoms with Crippen molar-refractivity contribution in [2.45, 2.75) is 12.8 Å². The molecule has 0 aliphatic carbocycles. The summed E-state index contributed by atoms with van der Waals surface area (Å²) in [6.45, 7) is 3.83. The van der Waals surface area contributed by atoms with Crippen LogP contribution in [-0.2, 0) is 16.6 Å². The van der Waals surface area contributed by atoms with E-state index in [1.54, 1.807) is 27.7 Å². The molecular formula is C24H24N8O3S. The highest BCUT2D eigenvalue weighted by Gasteiger charge is 2.41. The number of piperidine rings is 1. The summed E-state index contributed by atoms with van der Waals surface area (Å²) in [5, 5.41) is 12.3. The van der Waals surface area contributed by atoms with Gasteiger partial charge in [-0.15, -0.1) is 11.3 Å². The first kappa shape index (κ1) is 21.7. The molecule has 184 valence electrons. The van der Waals surface area contributed by atoms with E-state index in [0.29, 0.717) is 39.6 Å². The first-order chi connectivity index (χ1) is 17.5. The first-order valence-electron chi connectivity index (χ1n) is 11.9. The van der Waals surface area contributed by atoms with Crippen LogP contribution in [0.2, 0.25) is 0 Å². The number of likely N-dealkylation sites (tertiary alicyclic amines) is 1. The van der Waals surface area contributed by atoms with Crippen LogP contribution < -0.4 is 10.9 Å². The van der Waals surface area contributed by atoms with Gasteiger partial charge < -0.3 is 15.0 Å². The summed E-state index contributed by atoms with van der Waals surface area (Å²) in [6.07, 6.45) is 9.37. The third-order valence-corrected chi connectivity index (χ3v) is 8.42. The Morgan fingerprint density at radius 1 is 1.22 bits per heavy atom. The van der Waals surface area contributed by atoms with E-state index in [4.69, 9.17) is 4.74 Å². The second kappa shape index (κ2) is 7.95. The molecule has 2 N–H and O–H groups in total. The Kier molecular flexibility index (Phi) is 4.78. The molecule has 1 spiro atoms. The molecular weight excluding hydrogens is 480 g/mol. The summed E-state index contributed by atoms with van der Waals surface area (Å²) in [7, 11) is 1.87. The fraction of sp³-hybridized carbons (Fsp3) is 0.375. The number of aromatic nitrogens is 6. The molecule has 2 aliphatic rings. The number of carbonyl (C=O) groups excluding carboxylic acids is 1. The number of nitrogens with one attached hydrogen (secondary N) is 2. The van der Waals surface area contributed by atoms with Crippen molar-refractivity contribution in [2.75, 3.05) is 38.2 Å². The van der Waals surface area contributed by atoms with Gasteiger partial charge in [-0.05, 0) is 32.0 Å². The molecule has 5 aromatic rings. The lowest BCUT2D eigenvalue weighted by Crippen LogP contribution is -2.51. The Morgan fingerprint density at radius 2 is 2.06 bits per heavy atom. The highest BCUT2D eigenvalue weighted by atomic mass is 32.1. The summed E-state index contributed by atoms with van der Waals surface area (Å²) in [5.74, 6) is -0.0918. The van der Waals surface area contributed by atoms with Gasteiger partial charge >= 0.3 is 0 Å². The van der Waals surface area contributed by atoms with E-state index in [1.807, 2.05) is 19.4 Å². The third kappa shape index (κ3) is 3.52. The Hall–Kier alpha value is -3.61. The van der Waals surface area contributed by atoms with Gasteiger partial charge in [0.05, 0.1) is 48.2 Å². The van der Waals surface area contributed by atoms with Crippen LogP contribution >= 0.6 is 11.3 Å². The first-order valence-corrected chi connectivity index (χ1v) is 12.7. The number of aromatic amines is 1. The average molecular weight is 505 g/mol. The minimum Gasteiger partial charge on any atom is -0.380 e. The molecule has 0 saturated carbocycles. The highest BCUT2D eigenvalue weighted by molar-refractivity contribution is 7.21. The van der Waals surface area contributed by atoms with Crippen molar-refractivity contribution >= 4 is 49.7 Å². The molecule has 2 fully saturated rings. The SMILES string of the molecule is Cn1cc(-c2cn3nc4c5ncc(NC(=O)CN6CCC7(CC6)COC7)cc5[nH]c(=O)c4c3s2)cn1. The zero-order chi connectivity index (χ0) is 24.4. The molecule has 5 aromatic heterocycles. The number of hydrogen-bond acceptors (Lipinski definition) is 8. The van der Waals surface area contributed by atoms with Gasteiger partial charge in [-0.1, -0.05) is 0 Å². The topological polar surface area (TPSA) is 122 Å². The van der Waals surface area contributed by atoms with Crippen LogP contribution in [0.3, 0.4) is 0 Å². The maximum absolute atomic E-state index is 13.0. The van der Waals surface area contributed by atoms with Gasteiger partial charge in [0.25, 0.3) is 5.56 Å². The molecule has 0 bridgehead atoms. The molecule has 0 aromatic carbocycles. The quantitative estimate of drug-likeness (QED) is 0.385. The van der Waals surface area contributed by atoms with Crippen molar-refractivity contribution in [3.63, 3.8) is 0 Å². The Labute approximate surface area is 208 Å². The predicted octanol–water partition coefficient (Wildman–Crippen LogP) is 2.24. The number of carbonyl (C=O) groups is 1. The van der Waals surface area contributed by atoms with Crippen LogP contribution in [0.25, 0.3) is 37.2 Å². The molecule has 12 heteroatoms. The second-order valence-corrected chi connectivity index (χ2v) is 10.9. The monoisotopic (exact) mass is 504 g/mol. The molecule has 0 atom stereocenters. The zero-order valence-corrected chi connectivity index (χ0v) is 20.5. The number of hydrogen-bond donors (Lipinski definition) is 2. The van der Waals surface area contributed by atoms with Crippen molar-refractivity contribution in [1.29, 1.82) is 0 Å². The summed E-state index contributed by atoms with van der Waals surface area (Å²) in [6, 6.07) is 1.74. The molecule has 1 amide bonds. The second-order valence-electron chi connectivity index (χ2n) is 9.86. The van der Waals surface area contributed by atoms with Crippen molar-refractivity contribution in [3.8, 4) is 10.4 Å². The van der Waals surface area contributed by atoms with Crippen LogP contribution in [0.15, 0.2) is 35.6 Å². The van der Waals surface area contributed by atoms with Gasteiger partial charge in [0.2, 0.25) is 5.91 Å². The number of pyridine rings is 2. The molecule has 2 aliphatic heterocycles. The van der Waals surface area contributed by atoms with Gasteiger partial charge in [0.15, 0.2) is 0 Å². The maximum atomic E-state index is 13.0. The number of anilines is 1. The highest BCUT2D eigenvalue weighted by Crippen LogP contribution is 2.38. The summed E-state index contributed by atoms with van der Waals surface area (Å²) >= 11 is 1.49. The lowest BCUT2D eigenvalue weighted by atomic mass is 9.77.